The molecule has 0 aliphatic carbocycles. The molecule has 2 aromatic carbocycles. The Morgan fingerprint density at radius 3 is 2.78 bits per heavy atom. The van der Waals surface area contributed by atoms with Crippen molar-refractivity contribution in [1.29, 1.82) is 0 Å². The molecule has 1 N–H and O–H groups in total. The van der Waals surface area contributed by atoms with Crippen molar-refractivity contribution in [2.45, 2.75) is 32.8 Å². The number of aryl methyl sites for hydroxylation is 1. The second-order valence-electron chi connectivity index (χ2n) is 5.94. The van der Waals surface area contributed by atoms with Crippen molar-refractivity contribution < 1.29 is 14.6 Å². The fourth-order valence-electron chi connectivity index (χ4n) is 2.95. The Morgan fingerprint density at radius 1 is 1.22 bits per heavy atom. The lowest BCUT2D eigenvalue weighted by Gasteiger charge is -2.34. The van der Waals surface area contributed by atoms with Crippen LogP contribution in [0, 0.1) is 6.92 Å². The van der Waals surface area contributed by atoms with Gasteiger partial charge < -0.3 is 14.7 Å². The van der Waals surface area contributed by atoms with Gasteiger partial charge in [-0.2, -0.15) is 0 Å². The molecule has 1 heterocycles. The number of fused-ring (bicyclic) bond motifs is 1. The normalized spacial score (nSPS) is 16.9. The Morgan fingerprint density at radius 2 is 2.04 bits per heavy atom. The third kappa shape index (κ3) is 3.16. The van der Waals surface area contributed by atoms with Gasteiger partial charge in [0.15, 0.2) is 6.10 Å². The lowest BCUT2D eigenvalue weighted by atomic mass is 10.0. The van der Waals surface area contributed by atoms with Gasteiger partial charge in [-0.05, 0) is 31.0 Å². The van der Waals surface area contributed by atoms with Crippen molar-refractivity contribution in [3.8, 4) is 11.5 Å². The summed E-state index contributed by atoms with van der Waals surface area (Å²) < 4.78 is 5.92. The first-order valence-electron chi connectivity index (χ1n) is 7.95. The first-order valence-corrected chi connectivity index (χ1v) is 7.95. The molecule has 0 spiro atoms. The number of hydrogen-bond acceptors (Lipinski definition) is 3. The Hall–Kier alpha value is -2.49. The number of phenols is 1. The number of amides is 1. The summed E-state index contributed by atoms with van der Waals surface area (Å²) in [5.74, 6) is 0.735. The number of carbonyl (C=O) groups is 1. The van der Waals surface area contributed by atoms with E-state index in [0.29, 0.717) is 24.4 Å². The van der Waals surface area contributed by atoms with Gasteiger partial charge in [0.2, 0.25) is 0 Å². The summed E-state index contributed by atoms with van der Waals surface area (Å²) in [4.78, 5) is 14.5. The second kappa shape index (κ2) is 6.32. The topological polar surface area (TPSA) is 49.8 Å². The zero-order valence-electron chi connectivity index (χ0n) is 13.5. The Kier molecular flexibility index (Phi) is 4.24. The number of rotatable bonds is 4. The van der Waals surface area contributed by atoms with E-state index in [9.17, 15) is 9.90 Å². The molecular formula is C19H21NO3. The predicted octanol–water partition coefficient (Wildman–Crippen LogP) is 3.45. The zero-order valence-corrected chi connectivity index (χ0v) is 13.5. The highest BCUT2D eigenvalue weighted by molar-refractivity contribution is 6.00. The van der Waals surface area contributed by atoms with Crippen LogP contribution in [0.15, 0.2) is 42.5 Å². The van der Waals surface area contributed by atoms with Crippen LogP contribution in [0.3, 0.4) is 0 Å². The number of anilines is 1. The van der Waals surface area contributed by atoms with Crippen LogP contribution in [0.5, 0.6) is 11.5 Å². The van der Waals surface area contributed by atoms with Crippen molar-refractivity contribution in [3.05, 3.63) is 53.6 Å². The number of carbonyl (C=O) groups excluding carboxylic acids is 1. The maximum atomic E-state index is 12.8. The number of phenolic OH excluding ortho intramolecular Hbond substituents is 1. The molecule has 3 rings (SSSR count). The summed E-state index contributed by atoms with van der Waals surface area (Å²) in [5, 5.41) is 9.70. The van der Waals surface area contributed by atoms with Gasteiger partial charge >= 0.3 is 0 Å². The molecule has 4 heteroatoms. The number of benzene rings is 2. The first-order chi connectivity index (χ1) is 11.1. The van der Waals surface area contributed by atoms with Crippen LogP contribution in [-0.2, 0) is 11.2 Å². The average Bonchev–Trinajstić information content (AvgIpc) is 2.52. The molecule has 2 aromatic rings. The second-order valence-corrected chi connectivity index (χ2v) is 5.94. The lowest BCUT2D eigenvalue weighted by molar-refractivity contribution is -0.126. The predicted molar refractivity (Wildman–Crippen MR) is 90.0 cm³/mol. The van der Waals surface area contributed by atoms with Gasteiger partial charge in [0.25, 0.3) is 5.91 Å². The molecule has 0 fully saturated rings. The van der Waals surface area contributed by atoms with E-state index in [1.54, 1.807) is 23.1 Å². The minimum atomic E-state index is -0.527. The molecule has 0 saturated carbocycles. The van der Waals surface area contributed by atoms with Crippen LogP contribution >= 0.6 is 0 Å². The third-order valence-corrected chi connectivity index (χ3v) is 3.99. The van der Waals surface area contributed by atoms with E-state index in [1.807, 2.05) is 32.0 Å². The van der Waals surface area contributed by atoms with Gasteiger partial charge in [-0.25, -0.2) is 0 Å². The molecule has 0 aromatic heterocycles. The molecule has 120 valence electrons. The van der Waals surface area contributed by atoms with E-state index in [0.717, 1.165) is 12.0 Å². The zero-order chi connectivity index (χ0) is 16.4. The molecule has 0 radical (unpaired) electrons. The van der Waals surface area contributed by atoms with Gasteiger partial charge in [0, 0.05) is 19.0 Å². The van der Waals surface area contributed by atoms with E-state index in [1.165, 1.54) is 5.56 Å². The SMILES string of the molecule is CCCN1C(=O)C(Cc2cccc(C)c2)Oc2ccc(O)cc21. The third-order valence-electron chi connectivity index (χ3n) is 3.99. The quantitative estimate of drug-likeness (QED) is 0.941. The van der Waals surface area contributed by atoms with Crippen molar-refractivity contribution in [2.75, 3.05) is 11.4 Å². The van der Waals surface area contributed by atoms with E-state index < -0.39 is 6.10 Å². The monoisotopic (exact) mass is 311 g/mol. The van der Waals surface area contributed by atoms with Crippen LogP contribution < -0.4 is 9.64 Å². The molecule has 0 saturated heterocycles. The van der Waals surface area contributed by atoms with Gasteiger partial charge in [0.1, 0.15) is 11.5 Å². The maximum Gasteiger partial charge on any atom is 0.268 e. The van der Waals surface area contributed by atoms with Crippen LogP contribution in [0.25, 0.3) is 0 Å². The highest BCUT2D eigenvalue weighted by atomic mass is 16.5. The number of hydrogen-bond donors (Lipinski definition) is 1. The minimum absolute atomic E-state index is 0.0496. The highest BCUT2D eigenvalue weighted by Crippen LogP contribution is 2.37. The molecule has 1 aliphatic heterocycles. The fraction of sp³-hybridized carbons (Fsp3) is 0.316. The fourth-order valence-corrected chi connectivity index (χ4v) is 2.95. The van der Waals surface area contributed by atoms with Crippen molar-refractivity contribution in [3.63, 3.8) is 0 Å². The molecule has 1 unspecified atom stereocenters. The summed E-state index contributed by atoms with van der Waals surface area (Å²) >= 11 is 0. The number of aromatic hydroxyl groups is 1. The first kappa shape index (κ1) is 15.4. The summed E-state index contributed by atoms with van der Waals surface area (Å²) in [6.07, 6.45) is 0.861. The van der Waals surface area contributed by atoms with Gasteiger partial charge in [-0.15, -0.1) is 0 Å². The Labute approximate surface area is 136 Å². The van der Waals surface area contributed by atoms with E-state index >= 15 is 0 Å². The summed E-state index contributed by atoms with van der Waals surface area (Å²) in [5.41, 5.74) is 2.90. The highest BCUT2D eigenvalue weighted by Gasteiger charge is 2.34. The van der Waals surface area contributed by atoms with Crippen molar-refractivity contribution >= 4 is 11.6 Å². The molecule has 23 heavy (non-hydrogen) atoms. The van der Waals surface area contributed by atoms with E-state index in [-0.39, 0.29) is 11.7 Å². The number of nitrogens with zero attached hydrogens (tertiary/aromatic N) is 1. The van der Waals surface area contributed by atoms with Crippen LogP contribution in [0.2, 0.25) is 0 Å². The minimum Gasteiger partial charge on any atom is -0.508 e. The Balaban J connectivity index is 1.91. The van der Waals surface area contributed by atoms with Crippen LogP contribution in [0.4, 0.5) is 5.69 Å². The van der Waals surface area contributed by atoms with Crippen molar-refractivity contribution in [1.82, 2.24) is 0 Å². The molecule has 4 nitrogen and oxygen atoms in total. The van der Waals surface area contributed by atoms with Crippen LogP contribution in [0.1, 0.15) is 24.5 Å². The van der Waals surface area contributed by atoms with Gasteiger partial charge in [-0.3, -0.25) is 4.79 Å². The van der Waals surface area contributed by atoms with Gasteiger partial charge in [-0.1, -0.05) is 36.8 Å². The maximum absolute atomic E-state index is 12.8. The number of ether oxygens (including phenoxy) is 1. The molecule has 0 bridgehead atoms. The van der Waals surface area contributed by atoms with E-state index in [4.69, 9.17) is 4.74 Å². The molecule has 1 aliphatic rings. The standard InChI is InChI=1S/C19H21NO3/c1-3-9-20-16-12-15(21)7-8-17(16)23-18(19(20)22)11-14-6-4-5-13(2)10-14/h4-8,10,12,18,21H,3,9,11H2,1-2H3. The van der Waals surface area contributed by atoms with Crippen LogP contribution in [-0.4, -0.2) is 23.7 Å². The van der Waals surface area contributed by atoms with Gasteiger partial charge in [0.05, 0.1) is 5.69 Å². The average molecular weight is 311 g/mol. The molecular weight excluding hydrogens is 290 g/mol. The summed E-state index contributed by atoms with van der Waals surface area (Å²) in [7, 11) is 0. The molecule has 1 amide bonds. The largest absolute Gasteiger partial charge is 0.508 e. The Bertz CT molecular complexity index is 726. The van der Waals surface area contributed by atoms with Crippen molar-refractivity contribution in [2.24, 2.45) is 0 Å². The summed E-state index contributed by atoms with van der Waals surface area (Å²) in [6, 6.07) is 13.0. The molecule has 1 atom stereocenters. The van der Waals surface area contributed by atoms with E-state index in [2.05, 4.69) is 6.07 Å². The lowest BCUT2D eigenvalue weighted by Crippen LogP contribution is -2.47. The smallest absolute Gasteiger partial charge is 0.268 e. The summed E-state index contributed by atoms with van der Waals surface area (Å²) in [6.45, 7) is 4.68.